The van der Waals surface area contributed by atoms with E-state index >= 15 is 0 Å². The van der Waals surface area contributed by atoms with Gasteiger partial charge < -0.3 is 19.9 Å². The number of non-ortho nitro benzene ring substituents is 1. The van der Waals surface area contributed by atoms with Crippen LogP contribution < -0.4 is 10.6 Å². The molecule has 3 aromatic rings. The first-order chi connectivity index (χ1) is 18.5. The van der Waals surface area contributed by atoms with Gasteiger partial charge in [0.25, 0.3) is 11.6 Å². The highest BCUT2D eigenvalue weighted by atomic mass is 32.2. The predicted molar refractivity (Wildman–Crippen MR) is 145 cm³/mol. The van der Waals surface area contributed by atoms with Crippen LogP contribution in [0.1, 0.15) is 60.3 Å². The van der Waals surface area contributed by atoms with Gasteiger partial charge in [0.1, 0.15) is 0 Å². The van der Waals surface area contributed by atoms with Crippen LogP contribution in [0.25, 0.3) is 0 Å². The largest absolute Gasteiger partial charge is 0.459 e. The van der Waals surface area contributed by atoms with E-state index < -0.39 is 22.8 Å². The molecule has 12 nitrogen and oxygen atoms in total. The molecule has 206 valence electrons. The standard InChI is InChI=1S/C26H30N6O6S/c1-15(2)22(28-24(34)17-8-7-11-20(13-17)32(36)37)23-29-30-26(31(23)5)39-14-21(33)27-19-10-6-9-18(12-19)25(35)38-16(3)4/h6-13,15-16,22H,14H2,1-5H3,(H,27,33)(H,28,34)/t22-/m1/s1. The molecule has 2 aromatic carbocycles. The summed E-state index contributed by atoms with van der Waals surface area (Å²) in [6.45, 7) is 7.32. The quantitative estimate of drug-likeness (QED) is 0.154. The number of nitrogens with zero attached hydrogens (tertiary/aromatic N) is 4. The molecular weight excluding hydrogens is 524 g/mol. The number of aromatic nitrogens is 3. The van der Waals surface area contributed by atoms with Crippen LogP contribution in [0, 0.1) is 16.0 Å². The maximum Gasteiger partial charge on any atom is 0.338 e. The fourth-order valence-corrected chi connectivity index (χ4v) is 4.29. The van der Waals surface area contributed by atoms with E-state index in [1.165, 1.54) is 24.3 Å². The van der Waals surface area contributed by atoms with Gasteiger partial charge in [-0.3, -0.25) is 19.7 Å². The van der Waals surface area contributed by atoms with E-state index in [4.69, 9.17) is 4.74 Å². The molecule has 1 heterocycles. The average Bonchev–Trinajstić information content (AvgIpc) is 3.25. The lowest BCUT2D eigenvalue weighted by Gasteiger charge is -2.21. The van der Waals surface area contributed by atoms with Crippen molar-refractivity contribution in [3.05, 3.63) is 75.6 Å². The fourth-order valence-electron chi connectivity index (χ4n) is 3.57. The Bertz CT molecular complexity index is 1370. The van der Waals surface area contributed by atoms with E-state index in [0.29, 0.717) is 22.2 Å². The van der Waals surface area contributed by atoms with Crippen molar-refractivity contribution in [2.45, 2.75) is 45.0 Å². The van der Waals surface area contributed by atoms with Crippen molar-refractivity contribution in [3.8, 4) is 0 Å². The van der Waals surface area contributed by atoms with Crippen LogP contribution in [0.15, 0.2) is 53.7 Å². The molecule has 0 saturated carbocycles. The fraction of sp³-hybridized carbons (Fsp3) is 0.346. The lowest BCUT2D eigenvalue weighted by Crippen LogP contribution is -2.33. The van der Waals surface area contributed by atoms with Crippen molar-refractivity contribution in [1.29, 1.82) is 0 Å². The molecule has 0 unspecified atom stereocenters. The Hall–Kier alpha value is -4.26. The number of anilines is 1. The zero-order valence-corrected chi connectivity index (χ0v) is 23.0. The van der Waals surface area contributed by atoms with Gasteiger partial charge in [-0.15, -0.1) is 10.2 Å². The Morgan fingerprint density at radius 2 is 1.74 bits per heavy atom. The molecule has 13 heteroatoms. The van der Waals surface area contributed by atoms with E-state index in [2.05, 4.69) is 20.8 Å². The number of amides is 2. The number of hydrogen-bond donors (Lipinski definition) is 2. The van der Waals surface area contributed by atoms with Crippen molar-refractivity contribution >= 4 is 40.9 Å². The molecule has 0 aliphatic carbocycles. The summed E-state index contributed by atoms with van der Waals surface area (Å²) in [7, 11) is 1.73. The van der Waals surface area contributed by atoms with Crippen molar-refractivity contribution < 1.29 is 24.0 Å². The molecule has 3 rings (SSSR count). The van der Waals surface area contributed by atoms with E-state index in [9.17, 15) is 24.5 Å². The van der Waals surface area contributed by atoms with E-state index in [1.807, 2.05) is 13.8 Å². The van der Waals surface area contributed by atoms with Crippen LogP contribution in [0.4, 0.5) is 11.4 Å². The van der Waals surface area contributed by atoms with E-state index in [-0.39, 0.29) is 34.9 Å². The monoisotopic (exact) mass is 554 g/mol. The summed E-state index contributed by atoms with van der Waals surface area (Å²) in [4.78, 5) is 48.1. The van der Waals surface area contributed by atoms with Crippen molar-refractivity contribution in [3.63, 3.8) is 0 Å². The number of thioether (sulfide) groups is 1. The van der Waals surface area contributed by atoms with Gasteiger partial charge in [-0.25, -0.2) is 4.79 Å². The molecule has 39 heavy (non-hydrogen) atoms. The highest BCUT2D eigenvalue weighted by Gasteiger charge is 2.26. The summed E-state index contributed by atoms with van der Waals surface area (Å²) >= 11 is 1.16. The smallest absolute Gasteiger partial charge is 0.338 e. The summed E-state index contributed by atoms with van der Waals surface area (Å²) in [5, 5.41) is 25.6. The van der Waals surface area contributed by atoms with Crippen molar-refractivity contribution in [2.24, 2.45) is 13.0 Å². The predicted octanol–water partition coefficient (Wildman–Crippen LogP) is 4.15. The first-order valence-corrected chi connectivity index (χ1v) is 13.1. The minimum atomic E-state index is -0.559. The lowest BCUT2D eigenvalue weighted by atomic mass is 10.0. The topological polar surface area (TPSA) is 158 Å². The van der Waals surface area contributed by atoms with E-state index in [0.717, 1.165) is 11.8 Å². The van der Waals surface area contributed by atoms with Gasteiger partial charge in [-0.2, -0.15) is 0 Å². The van der Waals surface area contributed by atoms with Gasteiger partial charge in [0, 0.05) is 30.4 Å². The van der Waals surface area contributed by atoms with Gasteiger partial charge in [-0.1, -0.05) is 37.7 Å². The number of carbonyl (C=O) groups is 3. The highest BCUT2D eigenvalue weighted by Crippen LogP contribution is 2.25. The Morgan fingerprint density at radius 1 is 1.05 bits per heavy atom. The molecule has 0 bridgehead atoms. The Balaban J connectivity index is 1.65. The number of carbonyl (C=O) groups excluding carboxylic acids is 3. The minimum Gasteiger partial charge on any atom is -0.459 e. The first-order valence-electron chi connectivity index (χ1n) is 12.1. The molecular formula is C26H30N6O6S. The molecule has 0 saturated heterocycles. The van der Waals surface area contributed by atoms with Gasteiger partial charge >= 0.3 is 5.97 Å². The Kier molecular flexibility index (Phi) is 9.77. The zero-order chi connectivity index (χ0) is 28.7. The van der Waals surface area contributed by atoms with Crippen LogP contribution in [-0.4, -0.2) is 49.3 Å². The second-order valence-electron chi connectivity index (χ2n) is 9.27. The molecule has 2 amide bonds. The number of nitro groups is 1. The van der Waals surface area contributed by atoms with Gasteiger partial charge in [0.2, 0.25) is 5.91 Å². The summed E-state index contributed by atoms with van der Waals surface area (Å²) in [6, 6.07) is 11.4. The van der Waals surface area contributed by atoms with E-state index in [1.54, 1.807) is 49.7 Å². The number of esters is 1. The summed E-state index contributed by atoms with van der Waals surface area (Å²) in [6.07, 6.45) is -0.258. The number of benzene rings is 2. The van der Waals surface area contributed by atoms with Gasteiger partial charge in [0.15, 0.2) is 11.0 Å². The zero-order valence-electron chi connectivity index (χ0n) is 22.2. The van der Waals surface area contributed by atoms with Crippen molar-refractivity contribution in [1.82, 2.24) is 20.1 Å². The third kappa shape index (κ3) is 7.87. The van der Waals surface area contributed by atoms with Crippen LogP contribution in [0.2, 0.25) is 0 Å². The van der Waals surface area contributed by atoms with Crippen LogP contribution >= 0.6 is 11.8 Å². The molecule has 2 N–H and O–H groups in total. The molecule has 0 radical (unpaired) electrons. The second kappa shape index (κ2) is 13.0. The molecule has 0 fully saturated rings. The second-order valence-corrected chi connectivity index (χ2v) is 10.2. The third-order valence-corrected chi connectivity index (χ3v) is 6.50. The average molecular weight is 555 g/mol. The minimum absolute atomic E-state index is 0.0268. The SMILES string of the molecule is CC(C)OC(=O)c1cccc(NC(=O)CSc2nnc([C@H](NC(=O)c3cccc([N+](=O)[O-])c3)C(C)C)n2C)c1. The third-order valence-electron chi connectivity index (χ3n) is 5.48. The number of nitro benzene ring substituents is 1. The first kappa shape index (κ1) is 29.3. The molecule has 0 aliphatic heterocycles. The number of hydrogen-bond acceptors (Lipinski definition) is 9. The highest BCUT2D eigenvalue weighted by molar-refractivity contribution is 7.99. The summed E-state index contributed by atoms with van der Waals surface area (Å²) in [5.41, 5.74) is 0.770. The van der Waals surface area contributed by atoms with Crippen molar-refractivity contribution in [2.75, 3.05) is 11.1 Å². The summed E-state index contributed by atoms with van der Waals surface area (Å²) in [5.74, 6) is -0.834. The van der Waals surface area contributed by atoms with Crippen LogP contribution in [-0.2, 0) is 16.6 Å². The Labute approximate surface area is 229 Å². The number of ether oxygens (including phenoxy) is 1. The summed E-state index contributed by atoms with van der Waals surface area (Å²) < 4.78 is 6.88. The maximum atomic E-state index is 12.9. The van der Waals surface area contributed by atoms with Gasteiger partial charge in [-0.05, 0) is 44.0 Å². The Morgan fingerprint density at radius 3 is 2.41 bits per heavy atom. The lowest BCUT2D eigenvalue weighted by molar-refractivity contribution is -0.384. The molecule has 0 aliphatic rings. The van der Waals surface area contributed by atoms with Crippen LogP contribution in [0.3, 0.4) is 0 Å². The molecule has 1 atom stereocenters. The number of rotatable bonds is 11. The molecule has 1 aromatic heterocycles. The van der Waals surface area contributed by atoms with Crippen LogP contribution in [0.5, 0.6) is 0 Å². The van der Waals surface area contributed by atoms with Gasteiger partial charge in [0.05, 0.1) is 28.4 Å². The number of nitrogens with one attached hydrogen (secondary N) is 2. The normalized spacial score (nSPS) is 11.8. The molecule has 0 spiro atoms. The maximum absolute atomic E-state index is 12.9.